The lowest BCUT2D eigenvalue weighted by Crippen LogP contribution is -2.31. The van der Waals surface area contributed by atoms with E-state index >= 15 is 0 Å². The van der Waals surface area contributed by atoms with Crippen LogP contribution >= 0.6 is 11.6 Å². The van der Waals surface area contributed by atoms with E-state index in [2.05, 4.69) is 16.9 Å². The number of aliphatic hydroxyl groups is 1. The van der Waals surface area contributed by atoms with Gasteiger partial charge in [0.05, 0.1) is 11.6 Å². The number of anilines is 1. The van der Waals surface area contributed by atoms with Crippen LogP contribution in [0.25, 0.3) is 0 Å². The van der Waals surface area contributed by atoms with E-state index in [4.69, 9.17) is 11.6 Å². The molecule has 1 saturated carbocycles. The molecule has 1 fully saturated rings. The highest BCUT2D eigenvalue weighted by atomic mass is 35.5. The van der Waals surface area contributed by atoms with Crippen LogP contribution < -0.4 is 4.90 Å². The van der Waals surface area contributed by atoms with Crippen LogP contribution in [-0.4, -0.2) is 23.2 Å². The molecule has 0 radical (unpaired) electrons. The molecule has 100 valence electrons. The number of aromatic nitrogens is 1. The van der Waals surface area contributed by atoms with Gasteiger partial charge >= 0.3 is 0 Å². The zero-order valence-electron chi connectivity index (χ0n) is 10.9. The van der Waals surface area contributed by atoms with Gasteiger partial charge in [-0.05, 0) is 18.9 Å². The summed E-state index contributed by atoms with van der Waals surface area (Å²) in [7, 11) is 2.09. The largest absolute Gasteiger partial charge is 0.392 e. The molecular weight excluding hydrogens is 248 g/mol. The van der Waals surface area contributed by atoms with Crippen molar-refractivity contribution < 1.29 is 5.11 Å². The average Bonchev–Trinajstić information content (AvgIpc) is 2.67. The second-order valence-electron chi connectivity index (χ2n) is 5.05. The van der Waals surface area contributed by atoms with E-state index in [0.29, 0.717) is 11.1 Å². The lowest BCUT2D eigenvalue weighted by molar-refractivity contribution is 0.282. The minimum absolute atomic E-state index is 0.0349. The Kier molecular flexibility index (Phi) is 4.84. The fraction of sp³-hybridized carbons (Fsp3) is 0.643. The number of hydrogen-bond donors (Lipinski definition) is 1. The van der Waals surface area contributed by atoms with E-state index in [1.165, 1.54) is 38.5 Å². The maximum atomic E-state index is 9.25. The topological polar surface area (TPSA) is 36.4 Å². The molecule has 0 unspecified atom stereocenters. The molecule has 18 heavy (non-hydrogen) atoms. The third kappa shape index (κ3) is 3.15. The van der Waals surface area contributed by atoms with Gasteiger partial charge in [0, 0.05) is 24.8 Å². The van der Waals surface area contributed by atoms with Crippen molar-refractivity contribution in [1.82, 2.24) is 4.98 Å². The Morgan fingerprint density at radius 2 is 2.00 bits per heavy atom. The minimum atomic E-state index is -0.0349. The first kappa shape index (κ1) is 13.6. The van der Waals surface area contributed by atoms with Crippen molar-refractivity contribution in [2.24, 2.45) is 0 Å². The van der Waals surface area contributed by atoms with Gasteiger partial charge in [0.25, 0.3) is 0 Å². The van der Waals surface area contributed by atoms with E-state index in [1.807, 2.05) is 6.07 Å². The lowest BCUT2D eigenvalue weighted by Gasteiger charge is -2.28. The van der Waals surface area contributed by atoms with Gasteiger partial charge in [-0.25, -0.2) is 4.98 Å². The lowest BCUT2D eigenvalue weighted by atomic mass is 10.1. The summed E-state index contributed by atoms with van der Waals surface area (Å²) in [5.41, 5.74) is 0.752. The summed E-state index contributed by atoms with van der Waals surface area (Å²) in [4.78, 5) is 6.61. The van der Waals surface area contributed by atoms with Crippen molar-refractivity contribution in [2.45, 2.75) is 51.2 Å². The molecule has 0 spiro atoms. The van der Waals surface area contributed by atoms with Crippen LogP contribution in [0, 0.1) is 0 Å². The highest BCUT2D eigenvalue weighted by Gasteiger charge is 2.18. The van der Waals surface area contributed by atoms with E-state index in [-0.39, 0.29) is 6.61 Å². The first-order valence-electron chi connectivity index (χ1n) is 6.70. The van der Waals surface area contributed by atoms with Crippen LogP contribution in [0.2, 0.25) is 5.02 Å². The number of nitrogens with zero attached hydrogens (tertiary/aromatic N) is 2. The van der Waals surface area contributed by atoms with Gasteiger partial charge in [-0.3, -0.25) is 0 Å². The number of pyridine rings is 1. The normalized spacial score (nSPS) is 17.5. The Bertz CT molecular complexity index is 389. The summed E-state index contributed by atoms with van der Waals surface area (Å²) >= 11 is 5.97. The Morgan fingerprint density at radius 1 is 1.33 bits per heavy atom. The fourth-order valence-corrected chi connectivity index (χ4v) is 2.78. The molecule has 0 amide bonds. The average molecular weight is 269 g/mol. The molecule has 1 aliphatic rings. The predicted molar refractivity (Wildman–Crippen MR) is 75.1 cm³/mol. The molecule has 4 heteroatoms. The highest BCUT2D eigenvalue weighted by molar-refractivity contribution is 6.31. The van der Waals surface area contributed by atoms with Crippen molar-refractivity contribution in [2.75, 3.05) is 11.9 Å². The van der Waals surface area contributed by atoms with E-state index < -0.39 is 0 Å². The van der Waals surface area contributed by atoms with Crippen LogP contribution in [0.1, 0.15) is 44.1 Å². The van der Waals surface area contributed by atoms with Gasteiger partial charge < -0.3 is 10.0 Å². The third-order valence-corrected chi connectivity index (χ3v) is 4.16. The third-order valence-electron chi connectivity index (χ3n) is 3.82. The predicted octanol–water partition coefficient (Wildman–Crippen LogP) is 3.39. The molecule has 0 bridgehead atoms. The second-order valence-corrected chi connectivity index (χ2v) is 5.46. The summed E-state index contributed by atoms with van der Waals surface area (Å²) in [6, 6.07) is 2.46. The van der Waals surface area contributed by atoms with Crippen molar-refractivity contribution in [3.63, 3.8) is 0 Å². The molecule has 1 aromatic rings. The van der Waals surface area contributed by atoms with E-state index in [0.717, 1.165) is 11.4 Å². The number of hydrogen-bond acceptors (Lipinski definition) is 3. The van der Waals surface area contributed by atoms with Gasteiger partial charge in [-0.2, -0.15) is 0 Å². The van der Waals surface area contributed by atoms with Crippen LogP contribution in [0.3, 0.4) is 0 Å². The summed E-state index contributed by atoms with van der Waals surface area (Å²) in [6.07, 6.45) is 9.39. The molecule has 1 N–H and O–H groups in total. The van der Waals surface area contributed by atoms with Crippen molar-refractivity contribution >= 4 is 17.4 Å². The monoisotopic (exact) mass is 268 g/mol. The summed E-state index contributed by atoms with van der Waals surface area (Å²) in [5.74, 6) is 0.912. The molecule has 1 aliphatic carbocycles. The van der Waals surface area contributed by atoms with Crippen LogP contribution in [0.15, 0.2) is 12.3 Å². The molecule has 0 atom stereocenters. The van der Waals surface area contributed by atoms with Crippen molar-refractivity contribution in [3.8, 4) is 0 Å². The number of rotatable bonds is 3. The zero-order valence-corrected chi connectivity index (χ0v) is 11.7. The molecule has 3 nitrogen and oxygen atoms in total. The van der Waals surface area contributed by atoms with Crippen LogP contribution in [-0.2, 0) is 6.61 Å². The van der Waals surface area contributed by atoms with Gasteiger partial charge in [0.1, 0.15) is 5.82 Å². The molecule has 1 heterocycles. The first-order chi connectivity index (χ1) is 8.72. The molecule has 1 aromatic heterocycles. The SMILES string of the molecule is CN(c1cc(CO)c(Cl)cn1)C1CCCCCC1. The van der Waals surface area contributed by atoms with Gasteiger partial charge in [0.2, 0.25) is 0 Å². The van der Waals surface area contributed by atoms with Gasteiger partial charge in [0.15, 0.2) is 0 Å². The Balaban J connectivity index is 2.13. The van der Waals surface area contributed by atoms with Crippen LogP contribution in [0.4, 0.5) is 5.82 Å². The van der Waals surface area contributed by atoms with E-state index in [9.17, 15) is 5.11 Å². The number of halogens is 1. The molecule has 0 aliphatic heterocycles. The number of aliphatic hydroxyl groups excluding tert-OH is 1. The summed E-state index contributed by atoms with van der Waals surface area (Å²) in [6.45, 7) is -0.0349. The molecular formula is C14H21ClN2O. The smallest absolute Gasteiger partial charge is 0.128 e. The Hall–Kier alpha value is -0.800. The summed E-state index contributed by atoms with van der Waals surface area (Å²) in [5, 5.41) is 9.79. The second kappa shape index (κ2) is 6.39. The van der Waals surface area contributed by atoms with Gasteiger partial charge in [-0.15, -0.1) is 0 Å². The quantitative estimate of drug-likeness (QED) is 0.854. The van der Waals surface area contributed by atoms with E-state index in [1.54, 1.807) is 6.20 Å². The summed E-state index contributed by atoms with van der Waals surface area (Å²) < 4.78 is 0. The van der Waals surface area contributed by atoms with Gasteiger partial charge in [-0.1, -0.05) is 37.3 Å². The maximum Gasteiger partial charge on any atom is 0.128 e. The molecule has 0 aromatic carbocycles. The first-order valence-corrected chi connectivity index (χ1v) is 7.08. The Labute approximate surface area is 114 Å². The molecule has 0 saturated heterocycles. The standard InChI is InChI=1S/C14H21ClN2O/c1-17(12-6-4-2-3-5-7-12)14-8-11(10-18)13(15)9-16-14/h8-9,12,18H,2-7,10H2,1H3. The fourth-order valence-electron chi connectivity index (χ4n) is 2.61. The van der Waals surface area contributed by atoms with Crippen LogP contribution in [0.5, 0.6) is 0 Å². The highest BCUT2D eigenvalue weighted by Crippen LogP contribution is 2.26. The Morgan fingerprint density at radius 3 is 2.61 bits per heavy atom. The maximum absolute atomic E-state index is 9.25. The van der Waals surface area contributed by atoms with Crippen molar-refractivity contribution in [3.05, 3.63) is 22.8 Å². The molecule has 2 rings (SSSR count). The van der Waals surface area contributed by atoms with Crippen molar-refractivity contribution in [1.29, 1.82) is 0 Å². The zero-order chi connectivity index (χ0) is 13.0. The minimum Gasteiger partial charge on any atom is -0.392 e.